The van der Waals surface area contributed by atoms with Crippen molar-refractivity contribution in [1.29, 1.82) is 0 Å². The second-order valence-electron chi connectivity index (χ2n) is 5.30. The van der Waals surface area contributed by atoms with Gasteiger partial charge in [0.15, 0.2) is 0 Å². The van der Waals surface area contributed by atoms with Crippen molar-refractivity contribution in [1.82, 2.24) is 4.90 Å². The Balaban J connectivity index is 2.64. The Labute approximate surface area is 103 Å². The van der Waals surface area contributed by atoms with Gasteiger partial charge in [0.25, 0.3) is 0 Å². The summed E-state index contributed by atoms with van der Waals surface area (Å²) in [4.78, 5) is 13.5. The van der Waals surface area contributed by atoms with Crippen LogP contribution in [0, 0.1) is 11.8 Å². The molecule has 0 aromatic rings. The molecule has 1 aliphatic rings. The lowest BCUT2D eigenvalue weighted by Gasteiger charge is -2.26. The summed E-state index contributed by atoms with van der Waals surface area (Å²) in [6.45, 7) is 7.82. The minimum Gasteiger partial charge on any atom is -0.444 e. The summed E-state index contributed by atoms with van der Waals surface area (Å²) in [5.74, 6) is 5.61. The van der Waals surface area contributed by atoms with Gasteiger partial charge in [-0.25, -0.2) is 4.79 Å². The number of amides is 1. The van der Waals surface area contributed by atoms with Crippen molar-refractivity contribution in [3.05, 3.63) is 0 Å². The summed E-state index contributed by atoms with van der Waals surface area (Å²) in [6.07, 6.45) is 0.799. The molecule has 0 spiro atoms. The molecule has 2 atom stereocenters. The summed E-state index contributed by atoms with van der Waals surface area (Å²) in [7, 11) is 0. The Morgan fingerprint density at radius 1 is 1.53 bits per heavy atom. The van der Waals surface area contributed by atoms with Crippen LogP contribution in [0.15, 0.2) is 0 Å². The maximum absolute atomic E-state index is 11.9. The zero-order valence-electron chi connectivity index (χ0n) is 11.0. The summed E-state index contributed by atoms with van der Waals surface area (Å²) in [5, 5.41) is 9.12. The molecule has 0 aromatic carbocycles. The minimum absolute atomic E-state index is 0.126. The Bertz CT molecular complexity index is 333. The molecule has 0 bridgehead atoms. The summed E-state index contributed by atoms with van der Waals surface area (Å²) >= 11 is 0. The topological polar surface area (TPSA) is 49.8 Å². The number of hydrogen-bond donors (Lipinski definition) is 1. The van der Waals surface area contributed by atoms with E-state index in [0.29, 0.717) is 6.54 Å². The lowest BCUT2D eigenvalue weighted by atomic mass is 10.2. The molecule has 0 radical (unpaired) electrons. The minimum atomic E-state index is -0.656. The number of carbonyl (C=O) groups excluding carboxylic acids is 1. The first kappa shape index (κ1) is 13.9. The largest absolute Gasteiger partial charge is 0.444 e. The highest BCUT2D eigenvalue weighted by molar-refractivity contribution is 5.69. The molecule has 0 saturated carbocycles. The molecule has 96 valence electrons. The van der Waals surface area contributed by atoms with Crippen LogP contribution < -0.4 is 0 Å². The second kappa shape index (κ2) is 5.42. The van der Waals surface area contributed by atoms with Gasteiger partial charge in [0.1, 0.15) is 11.7 Å². The number of hydrogen-bond acceptors (Lipinski definition) is 3. The zero-order valence-corrected chi connectivity index (χ0v) is 11.0. The standard InChI is InChI=1S/C13H21NO3/c1-10(15)7-8-11-6-5-9-14(11)12(16)17-13(2,3)4/h10-11,15H,5-6,9H2,1-4H3/t10?,11-/m0/s1. The highest BCUT2D eigenvalue weighted by atomic mass is 16.6. The van der Waals surface area contributed by atoms with E-state index >= 15 is 0 Å². The third kappa shape index (κ3) is 4.66. The fourth-order valence-electron chi connectivity index (χ4n) is 1.67. The Morgan fingerprint density at radius 2 is 2.18 bits per heavy atom. The Hall–Kier alpha value is -1.21. The van der Waals surface area contributed by atoms with Crippen molar-refractivity contribution in [2.24, 2.45) is 0 Å². The van der Waals surface area contributed by atoms with Crippen molar-refractivity contribution in [2.75, 3.05) is 6.54 Å². The molecule has 1 N–H and O–H groups in total. The van der Waals surface area contributed by atoms with E-state index in [0.717, 1.165) is 12.8 Å². The number of ether oxygens (including phenoxy) is 1. The van der Waals surface area contributed by atoms with Crippen molar-refractivity contribution in [2.45, 2.75) is 58.3 Å². The van der Waals surface area contributed by atoms with Gasteiger partial charge in [-0.2, -0.15) is 0 Å². The van der Waals surface area contributed by atoms with Crippen LogP contribution in [0.4, 0.5) is 4.79 Å². The van der Waals surface area contributed by atoms with Gasteiger partial charge in [-0.1, -0.05) is 11.8 Å². The first-order chi connectivity index (χ1) is 7.79. The maximum atomic E-state index is 11.9. The molecule has 1 fully saturated rings. The van der Waals surface area contributed by atoms with Gasteiger partial charge < -0.3 is 9.84 Å². The summed E-state index contributed by atoms with van der Waals surface area (Å²) < 4.78 is 5.32. The predicted molar refractivity (Wildman–Crippen MR) is 65.4 cm³/mol. The summed E-state index contributed by atoms with van der Waals surface area (Å²) in [5.41, 5.74) is -0.484. The van der Waals surface area contributed by atoms with Gasteiger partial charge >= 0.3 is 6.09 Å². The average Bonchev–Trinajstić information content (AvgIpc) is 2.59. The Kier molecular flexibility index (Phi) is 4.41. The molecule has 1 saturated heterocycles. The Morgan fingerprint density at radius 3 is 2.71 bits per heavy atom. The molecular formula is C13H21NO3. The van der Waals surface area contributed by atoms with Crippen molar-refractivity contribution in [3.63, 3.8) is 0 Å². The highest BCUT2D eigenvalue weighted by Crippen LogP contribution is 2.20. The number of nitrogens with zero attached hydrogens (tertiary/aromatic N) is 1. The van der Waals surface area contributed by atoms with Crippen molar-refractivity contribution in [3.8, 4) is 11.8 Å². The third-order valence-corrected chi connectivity index (χ3v) is 2.34. The molecule has 1 aliphatic heterocycles. The van der Waals surface area contributed by atoms with E-state index in [2.05, 4.69) is 11.8 Å². The number of carbonyl (C=O) groups is 1. The first-order valence-corrected chi connectivity index (χ1v) is 5.98. The van der Waals surface area contributed by atoms with Crippen LogP contribution in [0.1, 0.15) is 40.5 Å². The first-order valence-electron chi connectivity index (χ1n) is 5.98. The monoisotopic (exact) mass is 239 g/mol. The van der Waals surface area contributed by atoms with Crippen molar-refractivity contribution >= 4 is 6.09 Å². The van der Waals surface area contributed by atoms with Crippen LogP contribution in [-0.4, -0.2) is 40.4 Å². The van der Waals surface area contributed by atoms with Gasteiger partial charge in [-0.3, -0.25) is 4.90 Å². The third-order valence-electron chi connectivity index (χ3n) is 2.34. The molecule has 0 aromatic heterocycles. The molecule has 0 aliphatic carbocycles. The van der Waals surface area contributed by atoms with Gasteiger partial charge in [0.2, 0.25) is 0 Å². The lowest BCUT2D eigenvalue weighted by Crippen LogP contribution is -2.39. The van der Waals surface area contributed by atoms with Crippen LogP contribution in [-0.2, 0) is 4.74 Å². The number of likely N-dealkylation sites (tertiary alicyclic amines) is 1. The molecule has 4 nitrogen and oxygen atoms in total. The zero-order chi connectivity index (χ0) is 13.1. The second-order valence-corrected chi connectivity index (χ2v) is 5.30. The van der Waals surface area contributed by atoms with Gasteiger partial charge in [0, 0.05) is 6.54 Å². The van der Waals surface area contributed by atoms with Crippen LogP contribution in [0.2, 0.25) is 0 Å². The number of aliphatic hydroxyl groups is 1. The molecule has 4 heteroatoms. The molecule has 1 heterocycles. The smallest absolute Gasteiger partial charge is 0.411 e. The fraction of sp³-hybridized carbons (Fsp3) is 0.769. The van der Waals surface area contributed by atoms with Crippen LogP contribution in [0.3, 0.4) is 0 Å². The predicted octanol–water partition coefficient (Wildman–Crippen LogP) is 1.77. The molecule has 1 unspecified atom stereocenters. The van der Waals surface area contributed by atoms with E-state index in [-0.39, 0.29) is 12.1 Å². The van der Waals surface area contributed by atoms with Crippen LogP contribution in [0.25, 0.3) is 0 Å². The summed E-state index contributed by atoms with van der Waals surface area (Å²) in [6, 6.07) is -0.126. The SMILES string of the molecule is CC(O)C#C[C@@H]1CCCN1C(=O)OC(C)(C)C. The van der Waals surface area contributed by atoms with E-state index in [9.17, 15) is 4.79 Å². The number of rotatable bonds is 0. The van der Waals surface area contributed by atoms with Gasteiger partial charge in [-0.05, 0) is 40.5 Å². The van der Waals surface area contributed by atoms with Crippen LogP contribution >= 0.6 is 0 Å². The molecule has 1 rings (SSSR count). The number of aliphatic hydroxyl groups excluding tert-OH is 1. The quantitative estimate of drug-likeness (QED) is 0.655. The van der Waals surface area contributed by atoms with Crippen molar-refractivity contribution < 1.29 is 14.6 Å². The fourth-order valence-corrected chi connectivity index (χ4v) is 1.67. The molecular weight excluding hydrogens is 218 g/mol. The average molecular weight is 239 g/mol. The molecule has 1 amide bonds. The lowest BCUT2D eigenvalue weighted by molar-refractivity contribution is 0.0260. The van der Waals surface area contributed by atoms with E-state index < -0.39 is 11.7 Å². The normalized spacial score (nSPS) is 21.7. The van der Waals surface area contributed by atoms with E-state index in [1.807, 2.05) is 20.8 Å². The van der Waals surface area contributed by atoms with Gasteiger partial charge in [0.05, 0.1) is 6.04 Å². The van der Waals surface area contributed by atoms with E-state index in [1.165, 1.54) is 0 Å². The van der Waals surface area contributed by atoms with Gasteiger partial charge in [-0.15, -0.1) is 0 Å². The maximum Gasteiger partial charge on any atom is 0.411 e. The van der Waals surface area contributed by atoms with E-state index in [1.54, 1.807) is 11.8 Å². The van der Waals surface area contributed by atoms with Crippen LogP contribution in [0.5, 0.6) is 0 Å². The molecule has 17 heavy (non-hydrogen) atoms. The van der Waals surface area contributed by atoms with E-state index in [4.69, 9.17) is 9.84 Å². The highest BCUT2D eigenvalue weighted by Gasteiger charge is 2.30.